The Hall–Kier alpha value is -2.83. The maximum Gasteiger partial charge on any atom is 0.265 e. The predicted molar refractivity (Wildman–Crippen MR) is 116 cm³/mol. The van der Waals surface area contributed by atoms with E-state index in [1.54, 1.807) is 42.5 Å². The monoisotopic (exact) mass is 426 g/mol. The maximum atomic E-state index is 13.3. The largest absolute Gasteiger partial charge is 0.324 e. The van der Waals surface area contributed by atoms with Crippen molar-refractivity contribution in [2.24, 2.45) is 0 Å². The van der Waals surface area contributed by atoms with E-state index in [9.17, 15) is 13.2 Å². The number of amides is 1. The molecule has 0 radical (unpaired) electrons. The summed E-state index contributed by atoms with van der Waals surface area (Å²) < 4.78 is 27.7. The zero-order chi connectivity index (χ0) is 20.8. The molecule has 1 aliphatic rings. The molecule has 1 aliphatic heterocycles. The van der Waals surface area contributed by atoms with Gasteiger partial charge in [0.15, 0.2) is 0 Å². The molecule has 29 heavy (non-hydrogen) atoms. The standard InChI is InChI=1S/C22H19ClN2O3S/c1-14-7-10-20-18(11-14)17-5-3-4-6-21(17)29(27,28)25(20)13-22(26)24-16-9-8-15(2)19(23)12-16/h3-12H,13H2,1-2H3,(H,24,26). The number of hydrogen-bond acceptors (Lipinski definition) is 3. The van der Waals surface area contributed by atoms with Gasteiger partial charge in [-0.15, -0.1) is 0 Å². The third-order valence-corrected chi connectivity index (χ3v) is 7.13. The van der Waals surface area contributed by atoms with Crippen LogP contribution < -0.4 is 9.62 Å². The lowest BCUT2D eigenvalue weighted by molar-refractivity contribution is -0.114. The minimum atomic E-state index is -3.86. The number of halogens is 1. The lowest BCUT2D eigenvalue weighted by Gasteiger charge is -2.31. The number of nitrogens with zero attached hydrogens (tertiary/aromatic N) is 1. The molecule has 5 nitrogen and oxygen atoms in total. The Labute approximate surface area is 175 Å². The zero-order valence-corrected chi connectivity index (χ0v) is 17.5. The van der Waals surface area contributed by atoms with Gasteiger partial charge in [0, 0.05) is 21.8 Å². The topological polar surface area (TPSA) is 66.5 Å². The molecule has 3 aromatic carbocycles. The van der Waals surface area contributed by atoms with Crippen molar-refractivity contribution < 1.29 is 13.2 Å². The summed E-state index contributed by atoms with van der Waals surface area (Å²) in [5.41, 5.74) is 4.35. The number of nitrogens with one attached hydrogen (secondary N) is 1. The number of sulfonamides is 1. The van der Waals surface area contributed by atoms with Crippen LogP contribution in [0.25, 0.3) is 11.1 Å². The number of carbonyl (C=O) groups is 1. The van der Waals surface area contributed by atoms with Crippen LogP contribution in [0.15, 0.2) is 65.6 Å². The molecule has 148 valence electrons. The molecule has 0 spiro atoms. The van der Waals surface area contributed by atoms with E-state index in [-0.39, 0.29) is 11.4 Å². The lowest BCUT2D eigenvalue weighted by atomic mass is 10.0. The highest BCUT2D eigenvalue weighted by Gasteiger charge is 2.35. The number of fused-ring (bicyclic) bond motifs is 3. The second-order valence-corrected chi connectivity index (χ2v) is 9.28. The van der Waals surface area contributed by atoms with Crippen LogP contribution in [0.3, 0.4) is 0 Å². The van der Waals surface area contributed by atoms with Gasteiger partial charge in [-0.1, -0.05) is 47.5 Å². The molecular weight excluding hydrogens is 408 g/mol. The molecule has 0 atom stereocenters. The maximum absolute atomic E-state index is 13.3. The van der Waals surface area contributed by atoms with Crippen LogP contribution in [0.1, 0.15) is 11.1 Å². The Balaban J connectivity index is 1.72. The van der Waals surface area contributed by atoms with Gasteiger partial charge in [0.2, 0.25) is 5.91 Å². The average molecular weight is 427 g/mol. The van der Waals surface area contributed by atoms with Gasteiger partial charge in [-0.05, 0) is 49.7 Å². The fourth-order valence-electron chi connectivity index (χ4n) is 3.42. The molecule has 1 amide bonds. The third-order valence-electron chi connectivity index (χ3n) is 4.91. The zero-order valence-electron chi connectivity index (χ0n) is 15.9. The number of carbonyl (C=O) groups excluding carboxylic acids is 1. The number of rotatable bonds is 3. The first-order valence-corrected chi connectivity index (χ1v) is 10.9. The fourth-order valence-corrected chi connectivity index (χ4v) is 5.25. The molecule has 0 bridgehead atoms. The van der Waals surface area contributed by atoms with Crippen molar-refractivity contribution in [3.63, 3.8) is 0 Å². The second-order valence-electron chi connectivity index (χ2n) is 7.04. The molecule has 7 heteroatoms. The minimum absolute atomic E-state index is 0.198. The SMILES string of the molecule is Cc1ccc2c(c1)-c1ccccc1S(=O)(=O)N2CC(=O)Nc1ccc(C)c(Cl)c1. The summed E-state index contributed by atoms with van der Waals surface area (Å²) in [7, 11) is -3.86. The van der Waals surface area contributed by atoms with E-state index in [0.29, 0.717) is 22.0 Å². The summed E-state index contributed by atoms with van der Waals surface area (Å²) >= 11 is 6.11. The quantitative estimate of drug-likeness (QED) is 0.655. The van der Waals surface area contributed by atoms with Gasteiger partial charge in [-0.2, -0.15) is 0 Å². The lowest BCUT2D eigenvalue weighted by Crippen LogP contribution is -2.40. The van der Waals surface area contributed by atoms with E-state index in [1.165, 1.54) is 0 Å². The van der Waals surface area contributed by atoms with Crippen molar-refractivity contribution in [2.45, 2.75) is 18.7 Å². The van der Waals surface area contributed by atoms with Gasteiger partial charge in [0.1, 0.15) is 6.54 Å². The van der Waals surface area contributed by atoms with Crippen molar-refractivity contribution in [3.05, 3.63) is 76.8 Å². The van der Waals surface area contributed by atoms with Crippen molar-refractivity contribution in [1.82, 2.24) is 0 Å². The van der Waals surface area contributed by atoms with Gasteiger partial charge in [-0.3, -0.25) is 9.10 Å². The molecule has 4 rings (SSSR count). The Bertz CT molecular complexity index is 1240. The van der Waals surface area contributed by atoms with E-state index < -0.39 is 15.9 Å². The summed E-state index contributed by atoms with van der Waals surface area (Å²) in [6.07, 6.45) is 0. The Kier molecular flexibility index (Phi) is 4.84. The first-order valence-electron chi connectivity index (χ1n) is 9.06. The van der Waals surface area contributed by atoms with Crippen LogP contribution in [0, 0.1) is 13.8 Å². The molecule has 0 saturated carbocycles. The van der Waals surface area contributed by atoms with Crippen LogP contribution in [0.4, 0.5) is 11.4 Å². The van der Waals surface area contributed by atoms with Crippen molar-refractivity contribution in [2.75, 3.05) is 16.2 Å². The number of aryl methyl sites for hydroxylation is 2. The average Bonchev–Trinajstić information content (AvgIpc) is 2.68. The Morgan fingerprint density at radius 3 is 2.52 bits per heavy atom. The Morgan fingerprint density at radius 1 is 1.00 bits per heavy atom. The minimum Gasteiger partial charge on any atom is -0.324 e. The third kappa shape index (κ3) is 3.50. The highest BCUT2D eigenvalue weighted by atomic mass is 35.5. The summed E-state index contributed by atoms with van der Waals surface area (Å²) in [5, 5.41) is 3.26. The van der Waals surface area contributed by atoms with Gasteiger partial charge in [0.25, 0.3) is 10.0 Å². The van der Waals surface area contributed by atoms with Gasteiger partial charge in [0.05, 0.1) is 10.6 Å². The normalized spacial score (nSPS) is 14.1. The summed E-state index contributed by atoms with van der Waals surface area (Å²) in [6.45, 7) is 3.48. The van der Waals surface area contributed by atoms with Crippen LogP contribution in [-0.2, 0) is 14.8 Å². The van der Waals surface area contributed by atoms with E-state index in [1.807, 2.05) is 32.0 Å². The van der Waals surface area contributed by atoms with Gasteiger partial charge < -0.3 is 5.32 Å². The van der Waals surface area contributed by atoms with Crippen molar-refractivity contribution >= 4 is 38.9 Å². The molecule has 0 saturated heterocycles. The smallest absolute Gasteiger partial charge is 0.265 e. The molecule has 0 aromatic heterocycles. The van der Waals surface area contributed by atoms with E-state index in [4.69, 9.17) is 11.6 Å². The highest BCUT2D eigenvalue weighted by Crippen LogP contribution is 2.43. The Morgan fingerprint density at radius 2 is 1.76 bits per heavy atom. The van der Waals surface area contributed by atoms with E-state index in [2.05, 4.69) is 5.32 Å². The molecule has 0 fully saturated rings. The molecule has 3 aromatic rings. The summed E-state index contributed by atoms with van der Waals surface area (Å²) in [5.74, 6) is -0.445. The summed E-state index contributed by atoms with van der Waals surface area (Å²) in [4.78, 5) is 12.9. The van der Waals surface area contributed by atoms with Crippen molar-refractivity contribution in [3.8, 4) is 11.1 Å². The van der Waals surface area contributed by atoms with Gasteiger partial charge >= 0.3 is 0 Å². The van der Waals surface area contributed by atoms with Crippen LogP contribution in [0.5, 0.6) is 0 Å². The van der Waals surface area contributed by atoms with Gasteiger partial charge in [-0.25, -0.2) is 8.42 Å². The number of benzene rings is 3. The number of anilines is 2. The van der Waals surface area contributed by atoms with Crippen LogP contribution in [0.2, 0.25) is 5.02 Å². The summed E-state index contributed by atoms with van der Waals surface area (Å²) in [6, 6.07) is 17.5. The molecule has 1 N–H and O–H groups in total. The molecule has 0 unspecified atom stereocenters. The van der Waals surface area contributed by atoms with Crippen LogP contribution in [-0.4, -0.2) is 20.9 Å². The van der Waals surface area contributed by atoms with E-state index in [0.717, 1.165) is 21.0 Å². The fraction of sp³-hybridized carbons (Fsp3) is 0.136. The van der Waals surface area contributed by atoms with E-state index >= 15 is 0 Å². The highest BCUT2D eigenvalue weighted by molar-refractivity contribution is 7.93. The first-order chi connectivity index (χ1) is 13.8. The molecule has 0 aliphatic carbocycles. The first kappa shape index (κ1) is 19.5. The second kappa shape index (κ2) is 7.21. The molecular formula is C22H19ClN2O3S. The molecule has 1 heterocycles. The van der Waals surface area contributed by atoms with Crippen molar-refractivity contribution in [1.29, 1.82) is 0 Å². The predicted octanol–water partition coefficient (Wildman–Crippen LogP) is 4.77. The van der Waals surface area contributed by atoms with Crippen LogP contribution >= 0.6 is 11.6 Å². The number of hydrogen-bond donors (Lipinski definition) is 1.